The molecule has 2 rings (SSSR count). The van der Waals surface area contributed by atoms with Gasteiger partial charge in [0.25, 0.3) is 0 Å². The summed E-state index contributed by atoms with van der Waals surface area (Å²) in [5.41, 5.74) is 0.178. The number of esters is 1. The Hall–Kier alpha value is -2.38. The topological polar surface area (TPSA) is 64.6 Å². The molecular formula is C22H25NO4S2. The number of thioether (sulfide) groups is 2. The van der Waals surface area contributed by atoms with E-state index >= 15 is 0 Å². The largest absolute Gasteiger partial charge is 0.463 e. The van der Waals surface area contributed by atoms with Crippen molar-refractivity contribution in [3.63, 3.8) is 0 Å². The quantitative estimate of drug-likeness (QED) is 0.314. The van der Waals surface area contributed by atoms with Crippen molar-refractivity contribution in [2.75, 3.05) is 24.7 Å². The number of carbonyl (C=O) groups is 2. The molecule has 0 saturated heterocycles. The van der Waals surface area contributed by atoms with E-state index in [1.165, 1.54) is 0 Å². The summed E-state index contributed by atoms with van der Waals surface area (Å²) in [5, 5.41) is 2.57. The number of rotatable bonds is 11. The summed E-state index contributed by atoms with van der Waals surface area (Å²) < 4.78 is 10.5. The van der Waals surface area contributed by atoms with E-state index in [0.717, 1.165) is 9.79 Å². The van der Waals surface area contributed by atoms with Crippen LogP contribution < -0.4 is 5.32 Å². The third-order valence-electron chi connectivity index (χ3n) is 3.64. The van der Waals surface area contributed by atoms with Gasteiger partial charge in [0.2, 0.25) is 0 Å². The summed E-state index contributed by atoms with van der Waals surface area (Å²) in [6.45, 7) is 5.59. The second-order valence-electron chi connectivity index (χ2n) is 5.95. The molecule has 0 spiro atoms. The maximum Gasteiger partial charge on any atom is 0.407 e. The molecule has 0 aromatic heterocycles. The minimum Gasteiger partial charge on any atom is -0.463 e. The van der Waals surface area contributed by atoms with Gasteiger partial charge in [0.05, 0.1) is 13.2 Å². The molecule has 0 aliphatic rings. The van der Waals surface area contributed by atoms with Crippen molar-refractivity contribution in [3.05, 3.63) is 72.8 Å². The van der Waals surface area contributed by atoms with Gasteiger partial charge < -0.3 is 14.8 Å². The van der Waals surface area contributed by atoms with Crippen molar-refractivity contribution in [1.82, 2.24) is 5.32 Å². The molecule has 1 amide bonds. The van der Waals surface area contributed by atoms with Gasteiger partial charge >= 0.3 is 12.1 Å². The molecule has 7 heteroatoms. The van der Waals surface area contributed by atoms with Crippen LogP contribution in [0.1, 0.15) is 6.92 Å². The Morgan fingerprint density at radius 1 is 0.966 bits per heavy atom. The monoisotopic (exact) mass is 431 g/mol. The molecule has 5 nitrogen and oxygen atoms in total. The van der Waals surface area contributed by atoms with E-state index in [-0.39, 0.29) is 24.8 Å². The Kier molecular flexibility index (Phi) is 10.2. The number of amides is 1. The summed E-state index contributed by atoms with van der Waals surface area (Å²) in [7, 11) is 0. The van der Waals surface area contributed by atoms with Gasteiger partial charge in [-0.25, -0.2) is 9.59 Å². The van der Waals surface area contributed by atoms with Gasteiger partial charge in [0.15, 0.2) is 0 Å². The number of benzene rings is 2. The van der Waals surface area contributed by atoms with Crippen LogP contribution in [0.3, 0.4) is 0 Å². The first-order valence-corrected chi connectivity index (χ1v) is 11.2. The Bertz CT molecular complexity index is 740. The van der Waals surface area contributed by atoms with Gasteiger partial charge in [-0.1, -0.05) is 43.0 Å². The Labute approximate surface area is 180 Å². The fourth-order valence-corrected chi connectivity index (χ4v) is 4.18. The SMILES string of the molecule is C=C(CNC(=O)OC(CSc1ccccc1)CSc1ccccc1)C(=O)OCC. The highest BCUT2D eigenvalue weighted by Gasteiger charge is 2.17. The molecule has 29 heavy (non-hydrogen) atoms. The summed E-state index contributed by atoms with van der Waals surface area (Å²) in [6.07, 6.45) is -0.885. The van der Waals surface area contributed by atoms with Crippen LogP contribution in [0, 0.1) is 0 Å². The van der Waals surface area contributed by atoms with Crippen molar-refractivity contribution in [3.8, 4) is 0 Å². The first-order valence-electron chi connectivity index (χ1n) is 9.23. The molecule has 1 N–H and O–H groups in total. The molecule has 0 unspecified atom stereocenters. The first kappa shape index (κ1) is 22.9. The molecule has 0 radical (unpaired) electrons. The van der Waals surface area contributed by atoms with E-state index < -0.39 is 12.1 Å². The molecule has 0 fully saturated rings. The molecule has 0 saturated carbocycles. The number of ether oxygens (including phenoxy) is 2. The maximum absolute atomic E-state index is 12.2. The van der Waals surface area contributed by atoms with Crippen LogP contribution in [0.2, 0.25) is 0 Å². The predicted octanol–water partition coefficient (Wildman–Crippen LogP) is 4.79. The average molecular weight is 432 g/mol. The summed E-state index contributed by atoms with van der Waals surface area (Å²) in [5.74, 6) is 0.718. The van der Waals surface area contributed by atoms with Crippen LogP contribution in [0.25, 0.3) is 0 Å². The molecule has 0 atom stereocenters. The van der Waals surface area contributed by atoms with Crippen molar-refractivity contribution in [2.45, 2.75) is 22.8 Å². The summed E-state index contributed by atoms with van der Waals surface area (Å²) in [4.78, 5) is 26.0. The number of carbonyl (C=O) groups excluding carboxylic acids is 2. The molecule has 0 aliphatic heterocycles. The van der Waals surface area contributed by atoms with Gasteiger partial charge in [-0.15, -0.1) is 23.5 Å². The molecule has 154 valence electrons. The van der Waals surface area contributed by atoms with Crippen LogP contribution in [-0.2, 0) is 14.3 Å². The van der Waals surface area contributed by atoms with Crippen LogP contribution in [-0.4, -0.2) is 42.8 Å². The zero-order valence-electron chi connectivity index (χ0n) is 16.3. The minimum absolute atomic E-state index is 0.0119. The lowest BCUT2D eigenvalue weighted by Crippen LogP contribution is -2.33. The van der Waals surface area contributed by atoms with E-state index in [1.807, 2.05) is 60.7 Å². The number of alkyl carbamates (subject to hydrolysis) is 1. The van der Waals surface area contributed by atoms with E-state index in [9.17, 15) is 9.59 Å². The maximum atomic E-state index is 12.2. The second kappa shape index (κ2) is 13.0. The van der Waals surface area contributed by atoms with E-state index in [4.69, 9.17) is 9.47 Å². The number of nitrogens with one attached hydrogen (secondary N) is 1. The van der Waals surface area contributed by atoms with Crippen molar-refractivity contribution in [2.24, 2.45) is 0 Å². The zero-order valence-corrected chi connectivity index (χ0v) is 18.0. The van der Waals surface area contributed by atoms with Gasteiger partial charge in [-0.2, -0.15) is 0 Å². The van der Waals surface area contributed by atoms with Gasteiger partial charge in [0, 0.05) is 26.9 Å². The third kappa shape index (κ3) is 9.11. The molecule has 2 aromatic carbocycles. The molecule has 2 aromatic rings. The summed E-state index contributed by atoms with van der Waals surface area (Å²) >= 11 is 3.26. The highest BCUT2D eigenvalue weighted by molar-refractivity contribution is 8.00. The Morgan fingerprint density at radius 2 is 1.48 bits per heavy atom. The minimum atomic E-state index is -0.581. The second-order valence-corrected chi connectivity index (χ2v) is 8.14. The van der Waals surface area contributed by atoms with Crippen LogP contribution in [0.4, 0.5) is 4.79 Å². The van der Waals surface area contributed by atoms with E-state index in [0.29, 0.717) is 11.5 Å². The van der Waals surface area contributed by atoms with Gasteiger partial charge in [-0.3, -0.25) is 0 Å². The lowest BCUT2D eigenvalue weighted by Gasteiger charge is -2.18. The van der Waals surface area contributed by atoms with E-state index in [2.05, 4.69) is 11.9 Å². The fraction of sp³-hybridized carbons (Fsp3) is 0.273. The standard InChI is InChI=1S/C22H25NO4S2/c1-3-26-21(24)17(2)14-23-22(25)27-18(15-28-19-10-6-4-7-11-19)16-29-20-12-8-5-9-13-20/h4-13,18H,2-3,14-16H2,1H3,(H,23,25). The number of hydrogen-bond donors (Lipinski definition) is 1. The number of hydrogen-bond acceptors (Lipinski definition) is 6. The third-order valence-corrected chi connectivity index (χ3v) is 5.93. The van der Waals surface area contributed by atoms with Gasteiger partial charge in [-0.05, 0) is 31.2 Å². The molecule has 0 aliphatic carbocycles. The summed E-state index contributed by atoms with van der Waals surface area (Å²) in [6, 6.07) is 19.9. The Morgan fingerprint density at radius 3 is 1.97 bits per heavy atom. The fourth-order valence-electron chi connectivity index (χ4n) is 2.21. The van der Waals surface area contributed by atoms with Crippen molar-refractivity contribution < 1.29 is 19.1 Å². The highest BCUT2D eigenvalue weighted by atomic mass is 32.2. The smallest absolute Gasteiger partial charge is 0.407 e. The molecular weight excluding hydrogens is 406 g/mol. The van der Waals surface area contributed by atoms with Crippen LogP contribution in [0.15, 0.2) is 82.6 Å². The highest BCUT2D eigenvalue weighted by Crippen LogP contribution is 2.24. The first-order chi connectivity index (χ1) is 14.1. The Balaban J connectivity index is 1.88. The van der Waals surface area contributed by atoms with Crippen LogP contribution in [0.5, 0.6) is 0 Å². The lowest BCUT2D eigenvalue weighted by molar-refractivity contribution is -0.138. The lowest BCUT2D eigenvalue weighted by atomic mass is 10.3. The molecule has 0 heterocycles. The average Bonchev–Trinajstić information content (AvgIpc) is 2.75. The normalized spacial score (nSPS) is 10.4. The van der Waals surface area contributed by atoms with Crippen molar-refractivity contribution in [1.29, 1.82) is 0 Å². The van der Waals surface area contributed by atoms with Gasteiger partial charge in [0.1, 0.15) is 6.10 Å². The molecule has 0 bridgehead atoms. The zero-order chi connectivity index (χ0) is 20.9. The van der Waals surface area contributed by atoms with Crippen LogP contribution >= 0.6 is 23.5 Å². The van der Waals surface area contributed by atoms with E-state index in [1.54, 1.807) is 30.4 Å². The van der Waals surface area contributed by atoms with Crippen molar-refractivity contribution >= 4 is 35.6 Å². The predicted molar refractivity (Wildman–Crippen MR) is 118 cm³/mol.